The molecule has 0 saturated carbocycles. The fourth-order valence-corrected chi connectivity index (χ4v) is 7.16. The van der Waals surface area contributed by atoms with Crippen LogP contribution in [0.2, 0.25) is 0 Å². The van der Waals surface area contributed by atoms with Gasteiger partial charge in [0.05, 0.1) is 11.2 Å². The summed E-state index contributed by atoms with van der Waals surface area (Å²) in [5.74, 6) is 0. The molecule has 0 aliphatic carbocycles. The summed E-state index contributed by atoms with van der Waals surface area (Å²) in [6, 6.07) is 66.7. The van der Waals surface area contributed by atoms with Crippen molar-refractivity contribution in [1.82, 2.24) is 0 Å². The van der Waals surface area contributed by atoms with Gasteiger partial charge in [0.25, 0.3) is 0 Å². The Hall–Kier alpha value is -6.96. The monoisotopic (exact) mass is 679 g/mol. The molecule has 53 heavy (non-hydrogen) atoms. The van der Waals surface area contributed by atoms with Crippen LogP contribution in [0.5, 0.6) is 0 Å². The minimum Gasteiger partial charge on any atom is -0.310 e. The van der Waals surface area contributed by atoms with E-state index in [1.165, 1.54) is 0 Å². The lowest BCUT2D eigenvalue weighted by Crippen LogP contribution is -2.11. The van der Waals surface area contributed by atoms with Crippen LogP contribution in [0.4, 0.5) is 17.1 Å². The summed E-state index contributed by atoms with van der Waals surface area (Å²) in [7, 11) is 0. The number of nitrogens with zero attached hydrogens (tertiary/aromatic N) is 1. The molecule has 0 bridgehead atoms. The molecule has 0 atom stereocenters. The van der Waals surface area contributed by atoms with E-state index in [-0.39, 0.29) is 35.4 Å². The second kappa shape index (κ2) is 14.3. The van der Waals surface area contributed by atoms with Gasteiger partial charge in [-0.05, 0) is 91.1 Å². The van der Waals surface area contributed by atoms with Gasteiger partial charge in [0.1, 0.15) is 0 Å². The predicted octanol–water partition coefficient (Wildman–Crippen LogP) is 14.6. The van der Waals surface area contributed by atoms with Crippen LogP contribution < -0.4 is 4.90 Å². The number of fused-ring (bicyclic) bond motifs is 1. The molecule has 9 aromatic rings. The van der Waals surface area contributed by atoms with Gasteiger partial charge in [-0.1, -0.05) is 194 Å². The Morgan fingerprint density at radius 3 is 1.45 bits per heavy atom. The van der Waals surface area contributed by atoms with Crippen LogP contribution in [0.15, 0.2) is 224 Å². The smallest absolute Gasteiger partial charge is 0.0645 e. The number of para-hydroxylation sites is 1. The Bertz CT molecular complexity index is 2830. The van der Waals surface area contributed by atoms with Crippen LogP contribution in [0, 0.1) is 0 Å². The van der Waals surface area contributed by atoms with Crippen molar-refractivity contribution >= 4 is 27.8 Å². The lowest BCUT2D eigenvalue weighted by molar-refractivity contribution is 1.28. The number of rotatable bonds is 8. The molecule has 0 N–H and O–H groups in total. The lowest BCUT2D eigenvalue weighted by atomic mass is 9.89. The van der Waals surface area contributed by atoms with Crippen molar-refractivity contribution < 1.29 is 5.48 Å². The van der Waals surface area contributed by atoms with Crippen LogP contribution in [0.1, 0.15) is 5.48 Å². The van der Waals surface area contributed by atoms with Gasteiger partial charge >= 0.3 is 0 Å². The third-order valence-corrected chi connectivity index (χ3v) is 9.77. The number of anilines is 3. The highest BCUT2D eigenvalue weighted by molar-refractivity contribution is 6.04. The van der Waals surface area contributed by atoms with Crippen molar-refractivity contribution in [2.45, 2.75) is 0 Å². The third-order valence-electron chi connectivity index (χ3n) is 9.77. The molecular weight excluding hydrogens is 639 g/mol. The summed E-state index contributed by atoms with van der Waals surface area (Å²) >= 11 is 0. The molecule has 0 saturated heterocycles. The van der Waals surface area contributed by atoms with Crippen LogP contribution in [0.25, 0.3) is 66.4 Å². The molecule has 0 unspecified atom stereocenters. The van der Waals surface area contributed by atoms with Crippen LogP contribution >= 0.6 is 0 Å². The fraction of sp³-hybridized carbons (Fsp3) is 0. The molecule has 9 aromatic carbocycles. The molecule has 0 aliphatic heterocycles. The van der Waals surface area contributed by atoms with Crippen molar-refractivity contribution in [1.29, 1.82) is 0 Å². The Morgan fingerprint density at radius 1 is 0.302 bits per heavy atom. The zero-order valence-electron chi connectivity index (χ0n) is 33.0. The van der Waals surface area contributed by atoms with Gasteiger partial charge < -0.3 is 4.90 Å². The Labute approximate surface area is 317 Å². The van der Waals surface area contributed by atoms with E-state index in [0.29, 0.717) is 11.3 Å². The van der Waals surface area contributed by atoms with Crippen LogP contribution in [-0.4, -0.2) is 0 Å². The maximum atomic E-state index is 9.56. The van der Waals surface area contributed by atoms with Gasteiger partial charge in [-0.3, -0.25) is 0 Å². The van der Waals surface area contributed by atoms with E-state index in [9.17, 15) is 5.48 Å². The van der Waals surface area contributed by atoms with Gasteiger partial charge in [0.2, 0.25) is 0 Å². The minimum atomic E-state index is -0.120. The van der Waals surface area contributed by atoms with E-state index in [0.717, 1.165) is 61.0 Å². The van der Waals surface area contributed by atoms with Crippen LogP contribution in [0.3, 0.4) is 0 Å². The molecular formula is C52H37N. The van der Waals surface area contributed by atoms with Crippen molar-refractivity contribution in [3.05, 3.63) is 224 Å². The number of hydrogen-bond donors (Lipinski definition) is 0. The molecule has 0 radical (unpaired) electrons. The molecule has 0 aliphatic rings. The molecule has 9 rings (SSSR count). The zero-order chi connectivity index (χ0) is 38.9. The number of benzene rings is 9. The van der Waals surface area contributed by atoms with Gasteiger partial charge in [-0.2, -0.15) is 0 Å². The highest BCUT2D eigenvalue weighted by Crippen LogP contribution is 2.43. The van der Waals surface area contributed by atoms with Crippen LogP contribution in [-0.2, 0) is 0 Å². The molecule has 0 aromatic heterocycles. The van der Waals surface area contributed by atoms with Crippen molar-refractivity contribution in [3.8, 4) is 55.6 Å². The second-order valence-electron chi connectivity index (χ2n) is 13.0. The first-order chi connectivity index (χ1) is 28.0. The molecule has 0 amide bonds. The second-order valence-corrected chi connectivity index (χ2v) is 13.0. The predicted molar refractivity (Wildman–Crippen MR) is 226 cm³/mol. The number of hydrogen-bond acceptors (Lipinski definition) is 1. The van der Waals surface area contributed by atoms with E-state index in [2.05, 4.69) is 72.8 Å². The standard InChI is InChI=1S/C52H37N/c1-4-14-38(15-5-1)39-24-26-40(27-25-39)41-28-33-46(34-29-41)53(51-23-13-12-21-48(51)42-16-6-2-7-17-42)47-35-30-45(31-36-47)52-49-22-11-10-20-44(49)32-37-50(52)43-18-8-3-9-19-43/h1-37H/i28D,29D,33D,34D. The largest absolute Gasteiger partial charge is 0.310 e. The van der Waals surface area contributed by atoms with E-state index in [1.807, 2.05) is 132 Å². The zero-order valence-corrected chi connectivity index (χ0v) is 29.0. The highest BCUT2D eigenvalue weighted by Gasteiger charge is 2.18. The maximum Gasteiger partial charge on any atom is 0.0645 e. The fourth-order valence-electron chi connectivity index (χ4n) is 7.16. The van der Waals surface area contributed by atoms with Gasteiger partial charge in [-0.15, -0.1) is 0 Å². The van der Waals surface area contributed by atoms with E-state index < -0.39 is 0 Å². The van der Waals surface area contributed by atoms with Crippen molar-refractivity contribution in [2.24, 2.45) is 0 Å². The van der Waals surface area contributed by atoms with E-state index in [4.69, 9.17) is 0 Å². The molecule has 1 heteroatoms. The molecule has 0 spiro atoms. The van der Waals surface area contributed by atoms with Crippen molar-refractivity contribution in [3.63, 3.8) is 0 Å². The molecule has 0 heterocycles. The summed E-state index contributed by atoms with van der Waals surface area (Å²) < 4.78 is 37.9. The summed E-state index contributed by atoms with van der Waals surface area (Å²) in [6.45, 7) is 0. The first kappa shape index (κ1) is 27.7. The van der Waals surface area contributed by atoms with Gasteiger partial charge in [0.15, 0.2) is 0 Å². The Morgan fingerprint density at radius 2 is 0.792 bits per heavy atom. The first-order valence-corrected chi connectivity index (χ1v) is 17.9. The van der Waals surface area contributed by atoms with Crippen molar-refractivity contribution in [2.75, 3.05) is 4.90 Å². The van der Waals surface area contributed by atoms with E-state index in [1.54, 1.807) is 0 Å². The summed E-state index contributed by atoms with van der Waals surface area (Å²) in [4.78, 5) is 1.89. The maximum absolute atomic E-state index is 9.56. The minimum absolute atomic E-state index is 0.0967. The SMILES string of the molecule is [2H]c1c([2H])c(N(c2ccc(-c3c(-c4ccccc4)ccc4ccccc34)cc2)c2ccccc2-c2ccccc2)c([2H])c([2H])c1-c1ccc(-c2ccccc2)cc1. The summed E-state index contributed by atoms with van der Waals surface area (Å²) in [5, 5.41) is 2.29. The summed E-state index contributed by atoms with van der Waals surface area (Å²) in [6.07, 6.45) is 0. The highest BCUT2D eigenvalue weighted by atomic mass is 15.1. The first-order valence-electron chi connectivity index (χ1n) is 19.9. The summed E-state index contributed by atoms with van der Waals surface area (Å²) in [5.41, 5.74) is 10.9. The van der Waals surface area contributed by atoms with E-state index >= 15 is 0 Å². The molecule has 250 valence electrons. The van der Waals surface area contributed by atoms with Gasteiger partial charge in [-0.25, -0.2) is 0 Å². The average molecular weight is 680 g/mol. The lowest BCUT2D eigenvalue weighted by Gasteiger charge is -2.28. The molecule has 0 fully saturated rings. The topological polar surface area (TPSA) is 3.24 Å². The molecule has 1 nitrogen and oxygen atoms in total. The average Bonchev–Trinajstić information content (AvgIpc) is 3.28. The third kappa shape index (κ3) is 6.42. The Balaban J connectivity index is 1.22. The quantitative estimate of drug-likeness (QED) is 0.154. The normalized spacial score (nSPS) is 12.1. The Kier molecular flexibility index (Phi) is 7.50. The van der Waals surface area contributed by atoms with Gasteiger partial charge in [0, 0.05) is 16.9 Å².